The summed E-state index contributed by atoms with van der Waals surface area (Å²) in [6, 6.07) is 8.36. The topological polar surface area (TPSA) is 66.5 Å². The molecule has 0 aliphatic carbocycles. The normalized spacial score (nSPS) is 22.7. The first-order valence-electron chi connectivity index (χ1n) is 8.31. The van der Waals surface area contributed by atoms with Gasteiger partial charge in [0.15, 0.2) is 0 Å². The van der Waals surface area contributed by atoms with Crippen LogP contribution < -0.4 is 5.32 Å². The van der Waals surface area contributed by atoms with Crippen LogP contribution in [0.15, 0.2) is 35.2 Å². The van der Waals surface area contributed by atoms with Crippen molar-refractivity contribution in [3.8, 4) is 0 Å². The molecule has 1 amide bonds. The van der Waals surface area contributed by atoms with E-state index in [0.717, 1.165) is 19.3 Å². The maximum Gasteiger partial charge on any atom is 0.243 e. The maximum absolute atomic E-state index is 12.8. The summed E-state index contributed by atoms with van der Waals surface area (Å²) in [5, 5.41) is 2.92. The van der Waals surface area contributed by atoms with Gasteiger partial charge in [0.05, 0.1) is 10.8 Å². The number of sulfonamides is 1. The minimum Gasteiger partial charge on any atom is -0.356 e. The lowest BCUT2D eigenvalue weighted by molar-refractivity contribution is -0.126. The van der Waals surface area contributed by atoms with Crippen molar-refractivity contribution in [1.29, 1.82) is 0 Å². The van der Waals surface area contributed by atoms with Gasteiger partial charge in [-0.1, -0.05) is 31.5 Å². The predicted molar refractivity (Wildman–Crippen MR) is 90.4 cm³/mol. The second kappa shape index (κ2) is 7.93. The average molecular weight is 338 g/mol. The Hall–Kier alpha value is -1.40. The van der Waals surface area contributed by atoms with Crippen molar-refractivity contribution in [3.05, 3.63) is 30.3 Å². The molecule has 1 aliphatic rings. The van der Waals surface area contributed by atoms with E-state index in [-0.39, 0.29) is 24.4 Å². The first-order valence-corrected chi connectivity index (χ1v) is 9.75. The van der Waals surface area contributed by atoms with E-state index in [0.29, 0.717) is 17.9 Å². The summed E-state index contributed by atoms with van der Waals surface area (Å²) < 4.78 is 27.1. The van der Waals surface area contributed by atoms with Crippen LogP contribution in [0.5, 0.6) is 0 Å². The van der Waals surface area contributed by atoms with Crippen molar-refractivity contribution < 1.29 is 13.2 Å². The Kier molecular flexibility index (Phi) is 6.18. The zero-order chi connectivity index (χ0) is 16.9. The second-order valence-corrected chi connectivity index (χ2v) is 8.05. The molecule has 23 heavy (non-hydrogen) atoms. The van der Waals surface area contributed by atoms with E-state index < -0.39 is 10.0 Å². The lowest BCUT2D eigenvalue weighted by Gasteiger charge is -2.36. The predicted octanol–water partition coefficient (Wildman–Crippen LogP) is 2.39. The summed E-state index contributed by atoms with van der Waals surface area (Å²) in [6.07, 6.45) is 3.41. The minimum atomic E-state index is -3.55. The largest absolute Gasteiger partial charge is 0.356 e. The molecule has 1 saturated heterocycles. The van der Waals surface area contributed by atoms with Crippen LogP contribution in [-0.2, 0) is 14.8 Å². The zero-order valence-electron chi connectivity index (χ0n) is 13.9. The molecule has 0 aromatic heterocycles. The molecule has 1 N–H and O–H groups in total. The Bertz CT molecular complexity index is 616. The molecular formula is C17H26N2O3S. The Morgan fingerprint density at radius 2 is 1.96 bits per heavy atom. The van der Waals surface area contributed by atoms with Gasteiger partial charge < -0.3 is 5.32 Å². The molecular weight excluding hydrogens is 312 g/mol. The maximum atomic E-state index is 12.8. The highest BCUT2D eigenvalue weighted by atomic mass is 32.2. The van der Waals surface area contributed by atoms with E-state index in [4.69, 9.17) is 0 Å². The molecule has 1 aliphatic heterocycles. The number of nitrogens with one attached hydrogen (secondary N) is 1. The molecule has 1 fully saturated rings. The van der Waals surface area contributed by atoms with Crippen LogP contribution in [0.1, 0.15) is 39.5 Å². The molecule has 6 heteroatoms. The highest BCUT2D eigenvalue weighted by Crippen LogP contribution is 2.28. The van der Waals surface area contributed by atoms with Crippen molar-refractivity contribution in [2.24, 2.45) is 5.92 Å². The zero-order valence-corrected chi connectivity index (χ0v) is 14.7. The SMILES string of the molecule is CCCCNC(=O)C1CCC(C)N(S(=O)(=O)c2ccccc2)C1. The van der Waals surface area contributed by atoms with Gasteiger partial charge in [0.1, 0.15) is 0 Å². The first-order chi connectivity index (χ1) is 11.0. The fraction of sp³-hybridized carbons (Fsp3) is 0.588. The number of hydrogen-bond acceptors (Lipinski definition) is 3. The highest BCUT2D eigenvalue weighted by molar-refractivity contribution is 7.89. The number of carbonyl (C=O) groups is 1. The van der Waals surface area contributed by atoms with Gasteiger partial charge in [-0.3, -0.25) is 4.79 Å². The number of rotatable bonds is 6. The number of amides is 1. The molecule has 0 radical (unpaired) electrons. The molecule has 2 rings (SSSR count). The standard InChI is InChI=1S/C17H26N2O3S/c1-3-4-12-18-17(20)15-11-10-14(2)19(13-15)23(21,22)16-8-6-5-7-9-16/h5-9,14-15H,3-4,10-13H2,1-2H3,(H,18,20). The van der Waals surface area contributed by atoms with Crippen molar-refractivity contribution in [2.75, 3.05) is 13.1 Å². The second-order valence-electron chi connectivity index (χ2n) is 6.16. The quantitative estimate of drug-likeness (QED) is 0.810. The van der Waals surface area contributed by atoms with Crippen LogP contribution in [0.4, 0.5) is 0 Å². The van der Waals surface area contributed by atoms with Crippen molar-refractivity contribution in [1.82, 2.24) is 9.62 Å². The van der Waals surface area contributed by atoms with Crippen molar-refractivity contribution in [2.45, 2.75) is 50.5 Å². The van der Waals surface area contributed by atoms with Crippen LogP contribution in [-0.4, -0.2) is 37.8 Å². The van der Waals surface area contributed by atoms with Crippen LogP contribution in [0.3, 0.4) is 0 Å². The van der Waals surface area contributed by atoms with Crippen LogP contribution >= 0.6 is 0 Å². The van der Waals surface area contributed by atoms with Gasteiger partial charge >= 0.3 is 0 Å². The summed E-state index contributed by atoms with van der Waals surface area (Å²) in [6.45, 7) is 4.90. The number of benzene rings is 1. The molecule has 0 spiro atoms. The smallest absolute Gasteiger partial charge is 0.243 e. The Morgan fingerprint density at radius 1 is 1.26 bits per heavy atom. The van der Waals surface area contributed by atoms with Crippen LogP contribution in [0.25, 0.3) is 0 Å². The van der Waals surface area contributed by atoms with Crippen LogP contribution in [0.2, 0.25) is 0 Å². The van der Waals surface area contributed by atoms with E-state index >= 15 is 0 Å². The number of piperidine rings is 1. The molecule has 2 unspecified atom stereocenters. The Balaban J connectivity index is 2.10. The van der Waals surface area contributed by atoms with Gasteiger partial charge in [-0.15, -0.1) is 0 Å². The van der Waals surface area contributed by atoms with Crippen molar-refractivity contribution >= 4 is 15.9 Å². The summed E-state index contributed by atoms with van der Waals surface area (Å²) in [7, 11) is -3.55. The summed E-state index contributed by atoms with van der Waals surface area (Å²) >= 11 is 0. The lowest BCUT2D eigenvalue weighted by atomic mass is 9.94. The molecule has 1 aromatic rings. The lowest BCUT2D eigenvalue weighted by Crippen LogP contribution is -2.49. The van der Waals surface area contributed by atoms with Gasteiger partial charge in [-0.25, -0.2) is 8.42 Å². The van der Waals surface area contributed by atoms with Crippen LogP contribution in [0, 0.1) is 5.92 Å². The molecule has 5 nitrogen and oxygen atoms in total. The fourth-order valence-corrected chi connectivity index (χ4v) is 4.61. The summed E-state index contributed by atoms with van der Waals surface area (Å²) in [5.74, 6) is -0.292. The first kappa shape index (κ1) is 17.9. The average Bonchev–Trinajstić information content (AvgIpc) is 2.56. The molecule has 0 saturated carbocycles. The fourth-order valence-electron chi connectivity index (χ4n) is 2.88. The van der Waals surface area contributed by atoms with E-state index in [1.807, 2.05) is 6.92 Å². The third-order valence-corrected chi connectivity index (χ3v) is 6.37. The van der Waals surface area contributed by atoms with E-state index in [2.05, 4.69) is 12.2 Å². The number of unbranched alkanes of at least 4 members (excludes halogenated alkanes) is 1. The molecule has 1 heterocycles. The summed E-state index contributed by atoms with van der Waals surface area (Å²) in [4.78, 5) is 12.5. The van der Waals surface area contributed by atoms with Gasteiger partial charge in [0, 0.05) is 19.1 Å². The van der Waals surface area contributed by atoms with E-state index in [1.165, 1.54) is 4.31 Å². The van der Waals surface area contributed by atoms with E-state index in [9.17, 15) is 13.2 Å². The van der Waals surface area contributed by atoms with E-state index in [1.54, 1.807) is 30.3 Å². The third-order valence-electron chi connectivity index (χ3n) is 4.37. The Morgan fingerprint density at radius 3 is 2.61 bits per heavy atom. The Labute approximate surface area is 139 Å². The molecule has 0 bridgehead atoms. The number of nitrogens with zero attached hydrogens (tertiary/aromatic N) is 1. The third kappa shape index (κ3) is 4.32. The highest BCUT2D eigenvalue weighted by Gasteiger charge is 2.37. The van der Waals surface area contributed by atoms with Crippen molar-refractivity contribution in [3.63, 3.8) is 0 Å². The van der Waals surface area contributed by atoms with Gasteiger partial charge in [-0.2, -0.15) is 4.31 Å². The number of hydrogen-bond donors (Lipinski definition) is 1. The molecule has 128 valence electrons. The van der Waals surface area contributed by atoms with Gasteiger partial charge in [-0.05, 0) is 38.3 Å². The number of carbonyl (C=O) groups excluding carboxylic acids is 1. The molecule has 2 atom stereocenters. The summed E-state index contributed by atoms with van der Waals surface area (Å²) in [5.41, 5.74) is 0. The molecule has 1 aromatic carbocycles. The van der Waals surface area contributed by atoms with Gasteiger partial charge in [0.2, 0.25) is 15.9 Å². The monoisotopic (exact) mass is 338 g/mol. The van der Waals surface area contributed by atoms with Gasteiger partial charge in [0.25, 0.3) is 0 Å². The minimum absolute atomic E-state index is 0.0291.